The fraction of sp³-hybridized carbons (Fsp3) is 0.200. The van der Waals surface area contributed by atoms with E-state index in [1.165, 1.54) is 45.6 Å². The molecule has 2 atom stereocenters. The van der Waals surface area contributed by atoms with Crippen molar-refractivity contribution in [2.24, 2.45) is 5.16 Å². The number of halogens is 2. The van der Waals surface area contributed by atoms with Crippen molar-refractivity contribution in [3.8, 4) is 22.8 Å². The summed E-state index contributed by atoms with van der Waals surface area (Å²) in [6, 6.07) is 4.96. The highest BCUT2D eigenvalue weighted by Crippen LogP contribution is 2.45. The molecule has 52 heavy (non-hydrogen) atoms. The lowest BCUT2D eigenvalue weighted by Crippen LogP contribution is -2.71. The summed E-state index contributed by atoms with van der Waals surface area (Å²) in [6.07, 6.45) is 3.13. The van der Waals surface area contributed by atoms with Crippen molar-refractivity contribution in [3.05, 3.63) is 74.8 Å². The van der Waals surface area contributed by atoms with E-state index < -0.39 is 46.7 Å². The van der Waals surface area contributed by atoms with E-state index in [-0.39, 0.29) is 74.0 Å². The van der Waals surface area contributed by atoms with Crippen molar-refractivity contribution in [2.45, 2.75) is 29.5 Å². The molecule has 4 aromatic rings. The van der Waals surface area contributed by atoms with E-state index in [2.05, 4.69) is 20.6 Å². The number of fused-ring (bicyclic) bond motifs is 1. The number of nitrogens with one attached hydrogen (secondary N) is 1. The number of thiazole rings is 1. The summed E-state index contributed by atoms with van der Waals surface area (Å²) in [5, 5.41) is 51.5. The number of hydrogen-bond acceptors (Lipinski definition) is 16. The molecule has 0 saturated carbocycles. The lowest BCUT2D eigenvalue weighted by molar-refractivity contribution is -0.691. The molecule has 1 fully saturated rings. The molecular formula is C30H23Cl2N7O10S3. The lowest BCUT2D eigenvalue weighted by atomic mass is 10.0. The number of hydrogen-bond donors (Lipinski definition) is 5. The topological polar surface area (TPSA) is 258 Å². The number of carbonyl (C=O) groups is 4. The van der Waals surface area contributed by atoms with Crippen molar-refractivity contribution in [1.29, 1.82) is 0 Å². The maximum absolute atomic E-state index is 13.5. The van der Waals surface area contributed by atoms with E-state index in [0.29, 0.717) is 5.57 Å². The third-order valence-corrected chi connectivity index (χ3v) is 11.2. The number of phenolic OH excluding ortho intramolecular Hbond substituents is 2. The molecular weight excluding hydrogens is 785 g/mol. The zero-order valence-corrected chi connectivity index (χ0v) is 30.0. The van der Waals surface area contributed by atoms with Gasteiger partial charge in [-0.25, -0.2) is 9.78 Å². The number of aromatic hydroxyl groups is 2. The van der Waals surface area contributed by atoms with Gasteiger partial charge in [-0.2, -0.15) is 4.57 Å². The van der Waals surface area contributed by atoms with Crippen molar-refractivity contribution < 1.29 is 53.5 Å². The molecule has 2 amide bonds. The summed E-state index contributed by atoms with van der Waals surface area (Å²) >= 11 is 15.7. The maximum atomic E-state index is 13.5. The first-order valence-corrected chi connectivity index (χ1v) is 18.3. The Balaban J connectivity index is 1.13. The van der Waals surface area contributed by atoms with E-state index in [0.717, 1.165) is 21.1 Å². The van der Waals surface area contributed by atoms with Gasteiger partial charge in [0.2, 0.25) is 0 Å². The van der Waals surface area contributed by atoms with Gasteiger partial charge < -0.3 is 45.6 Å². The van der Waals surface area contributed by atoms with Crippen LogP contribution in [0.25, 0.3) is 11.3 Å². The zero-order valence-electron chi connectivity index (χ0n) is 26.0. The van der Waals surface area contributed by atoms with Gasteiger partial charge in [0.25, 0.3) is 11.8 Å². The molecule has 0 radical (unpaired) electrons. The number of carboxylic acid groups (broad SMARTS) is 2. The number of amides is 2. The fourth-order valence-electron chi connectivity index (χ4n) is 5.03. The van der Waals surface area contributed by atoms with E-state index in [1.807, 2.05) is 0 Å². The highest BCUT2D eigenvalue weighted by molar-refractivity contribution is 8.01. The molecule has 0 unspecified atom stereocenters. The van der Waals surface area contributed by atoms with Gasteiger partial charge in [-0.15, -0.1) is 34.9 Å². The van der Waals surface area contributed by atoms with Crippen LogP contribution in [-0.4, -0.2) is 82.7 Å². The van der Waals surface area contributed by atoms with Crippen LogP contribution in [0.4, 0.5) is 5.13 Å². The van der Waals surface area contributed by atoms with Crippen LogP contribution >= 0.6 is 58.1 Å². The normalized spacial score (nSPS) is 17.1. The minimum Gasteiger partial charge on any atom is -0.544 e. The summed E-state index contributed by atoms with van der Waals surface area (Å²) < 4.78 is 6.67. The van der Waals surface area contributed by atoms with E-state index >= 15 is 0 Å². The molecule has 270 valence electrons. The molecule has 6 rings (SSSR count). The minimum absolute atomic E-state index is 0.0515. The average molecular weight is 809 g/mol. The molecule has 1 saturated heterocycles. The van der Waals surface area contributed by atoms with Crippen LogP contribution in [0, 0.1) is 0 Å². The van der Waals surface area contributed by atoms with Gasteiger partial charge in [0.05, 0.1) is 10.0 Å². The number of pyridine rings is 1. The van der Waals surface area contributed by atoms with Crippen molar-refractivity contribution in [1.82, 2.24) is 20.4 Å². The zero-order chi connectivity index (χ0) is 37.3. The first-order chi connectivity index (χ1) is 24.8. The van der Waals surface area contributed by atoms with Gasteiger partial charge in [-0.1, -0.05) is 33.5 Å². The summed E-state index contributed by atoms with van der Waals surface area (Å²) in [4.78, 5) is 61.4. The van der Waals surface area contributed by atoms with Crippen LogP contribution in [0.15, 0.2) is 67.9 Å². The quantitative estimate of drug-likeness (QED) is 0.0321. The van der Waals surface area contributed by atoms with Gasteiger partial charge in [0, 0.05) is 45.5 Å². The first-order valence-electron chi connectivity index (χ1n) is 14.6. The van der Waals surface area contributed by atoms with Gasteiger partial charge in [-0.05, 0) is 11.6 Å². The monoisotopic (exact) mass is 807 g/mol. The van der Waals surface area contributed by atoms with Crippen LogP contribution < -0.4 is 20.7 Å². The molecule has 2 aliphatic heterocycles. The number of thioether (sulfide) groups is 2. The third kappa shape index (κ3) is 7.60. The Kier molecular flexibility index (Phi) is 10.8. The maximum Gasteiger partial charge on any atom is 0.352 e. The van der Waals surface area contributed by atoms with Crippen LogP contribution in [0.1, 0.15) is 11.5 Å². The molecule has 3 aromatic heterocycles. The molecule has 17 nitrogen and oxygen atoms in total. The number of benzene rings is 1. The number of anilines is 1. The molecule has 0 aliphatic carbocycles. The summed E-state index contributed by atoms with van der Waals surface area (Å²) in [7, 11) is 0. The Hall–Kier alpha value is -5.02. The summed E-state index contributed by atoms with van der Waals surface area (Å²) in [5.74, 6) is -4.62. The number of oxime groups is 1. The number of phenols is 2. The van der Waals surface area contributed by atoms with Crippen LogP contribution in [0.5, 0.6) is 11.5 Å². The number of β-lactam (4-membered cyclic amide) rings is 1. The molecule has 6 N–H and O–H groups in total. The number of nitrogen functional groups attached to an aromatic ring is 1. The Morgan fingerprint density at radius 2 is 1.98 bits per heavy atom. The molecule has 5 heterocycles. The average Bonchev–Trinajstić information content (AvgIpc) is 3.77. The van der Waals surface area contributed by atoms with Crippen molar-refractivity contribution in [2.75, 3.05) is 17.2 Å². The second-order valence-electron chi connectivity index (χ2n) is 10.9. The first kappa shape index (κ1) is 36.8. The number of carboxylic acids is 2. The Morgan fingerprint density at radius 1 is 1.23 bits per heavy atom. The number of nitrogens with zero attached hydrogens (tertiary/aromatic N) is 5. The summed E-state index contributed by atoms with van der Waals surface area (Å²) in [6.45, 7) is -0.653. The Morgan fingerprint density at radius 3 is 2.65 bits per heavy atom. The van der Waals surface area contributed by atoms with Crippen LogP contribution in [-0.2, 0) is 37.2 Å². The number of aliphatic carboxylic acids is 2. The Labute approximate surface area is 314 Å². The predicted octanol–water partition coefficient (Wildman–Crippen LogP) is 1.59. The van der Waals surface area contributed by atoms with Crippen molar-refractivity contribution >= 4 is 92.7 Å². The fourth-order valence-corrected chi connectivity index (χ4v) is 8.38. The number of rotatable bonds is 13. The smallest absolute Gasteiger partial charge is 0.352 e. The SMILES string of the molecule is Nc1nc(/C(=N/OCc2cc(-c3cc(Cl)c(O)c(O)c3Cl)no2)C(=O)N[C@@H]2C(=O)N3C(C(=O)O)=C(CSc4cc[n+](CC(=O)[O-])cc4)CS[C@H]23)cs1. The second kappa shape index (κ2) is 15.3. The van der Waals surface area contributed by atoms with Crippen LogP contribution in [0.2, 0.25) is 10.0 Å². The number of aromatic nitrogens is 3. The largest absolute Gasteiger partial charge is 0.544 e. The van der Waals surface area contributed by atoms with Crippen LogP contribution in [0.3, 0.4) is 0 Å². The van der Waals surface area contributed by atoms with Gasteiger partial charge in [0.15, 0.2) is 53.6 Å². The highest BCUT2D eigenvalue weighted by Gasteiger charge is 2.54. The van der Waals surface area contributed by atoms with E-state index in [9.17, 15) is 39.6 Å². The lowest BCUT2D eigenvalue weighted by Gasteiger charge is -2.49. The second-order valence-corrected chi connectivity index (χ2v) is 14.7. The molecule has 2 aliphatic rings. The van der Waals surface area contributed by atoms with E-state index in [4.69, 9.17) is 38.3 Å². The van der Waals surface area contributed by atoms with Gasteiger partial charge in [0.1, 0.15) is 34.5 Å². The van der Waals surface area contributed by atoms with Crippen molar-refractivity contribution in [3.63, 3.8) is 0 Å². The highest BCUT2D eigenvalue weighted by atomic mass is 35.5. The summed E-state index contributed by atoms with van der Waals surface area (Å²) in [5.41, 5.74) is 6.14. The number of carbonyl (C=O) groups excluding carboxylic acids is 3. The minimum atomic E-state index is -1.30. The molecule has 22 heteroatoms. The predicted molar refractivity (Wildman–Crippen MR) is 185 cm³/mol. The third-order valence-electron chi connectivity index (χ3n) is 7.46. The molecule has 0 spiro atoms. The Bertz CT molecular complexity index is 2160. The standard InChI is InChI=1S/C30H23Cl2N7O10S3/c31-16-6-15(20(32)25(43)24(16)42)17-5-13(49-36-17)8-48-37-21(18-11-52-30(33)34-18)26(44)35-22-27(45)39-23(29(46)47)12(10-51-28(22)39)9-50-14-1-3-38(4-2-14)7-19(40)41/h1-6,11,22,28H,7-10H2,(H6-,33,34,35,36,37,40,41,42,43,44,46,47)/t22-,28-/m1/s1. The molecule has 1 aromatic carbocycles. The van der Waals surface area contributed by atoms with Gasteiger partial charge in [-0.3, -0.25) is 14.5 Å². The van der Waals surface area contributed by atoms with E-state index in [1.54, 1.807) is 24.5 Å². The molecule has 0 bridgehead atoms. The number of nitrogens with two attached hydrogens (primary N) is 1. The van der Waals surface area contributed by atoms with Gasteiger partial charge >= 0.3 is 5.97 Å².